The van der Waals surface area contributed by atoms with E-state index in [1.165, 1.54) is 0 Å². The molecule has 18 heavy (non-hydrogen) atoms. The molecule has 88 valence electrons. The van der Waals surface area contributed by atoms with Crippen molar-refractivity contribution in [2.75, 3.05) is 6.79 Å². The van der Waals surface area contributed by atoms with Crippen LogP contribution < -0.4 is 20.3 Å². The molecule has 0 fully saturated rings. The van der Waals surface area contributed by atoms with Gasteiger partial charge in [0.05, 0.1) is 0 Å². The summed E-state index contributed by atoms with van der Waals surface area (Å²) in [6, 6.07) is 5.53. The summed E-state index contributed by atoms with van der Waals surface area (Å²) in [6.45, 7) is 2.03. The number of hydrogen-bond donors (Lipinski definition) is 0. The first kappa shape index (κ1) is 9.65. The molecule has 0 amide bonds. The van der Waals surface area contributed by atoms with Crippen LogP contribution in [0.15, 0.2) is 27.8 Å². The minimum Gasteiger partial charge on any atom is -0.454 e. The van der Waals surface area contributed by atoms with E-state index in [9.17, 15) is 9.59 Å². The summed E-state index contributed by atoms with van der Waals surface area (Å²) in [5, 5.41) is 2.74. The van der Waals surface area contributed by atoms with E-state index in [1.807, 2.05) is 19.1 Å². The number of rotatable bonds is 0. The third-order valence-electron chi connectivity index (χ3n) is 3.49. The van der Waals surface area contributed by atoms with Crippen molar-refractivity contribution in [1.82, 2.24) is 0 Å². The summed E-state index contributed by atoms with van der Waals surface area (Å²) in [5.41, 5.74) is 0.0422. The molecule has 0 aromatic heterocycles. The van der Waals surface area contributed by atoms with Gasteiger partial charge in [0.15, 0.2) is 11.5 Å². The second kappa shape index (κ2) is 2.90. The summed E-state index contributed by atoms with van der Waals surface area (Å²) in [5.74, 6) is 1.31. The van der Waals surface area contributed by atoms with Gasteiger partial charge in [0, 0.05) is 10.8 Å². The highest BCUT2D eigenvalue weighted by atomic mass is 16.7. The highest BCUT2D eigenvalue weighted by molar-refractivity contribution is 6.12. The Hall–Kier alpha value is -2.36. The minimum absolute atomic E-state index is 0.194. The quantitative estimate of drug-likeness (QED) is 0.560. The largest absolute Gasteiger partial charge is 0.454 e. The van der Waals surface area contributed by atoms with Gasteiger partial charge >= 0.3 is 0 Å². The van der Waals surface area contributed by atoms with E-state index in [4.69, 9.17) is 9.47 Å². The van der Waals surface area contributed by atoms with Crippen LogP contribution in [0, 0.1) is 6.92 Å². The summed E-state index contributed by atoms with van der Waals surface area (Å²) < 4.78 is 10.6. The number of benzene rings is 2. The zero-order valence-corrected chi connectivity index (χ0v) is 9.57. The summed E-state index contributed by atoms with van der Waals surface area (Å²) in [4.78, 5) is 23.2. The van der Waals surface area contributed by atoms with E-state index in [2.05, 4.69) is 0 Å². The highest BCUT2D eigenvalue weighted by Gasteiger charge is 2.21. The van der Waals surface area contributed by atoms with E-state index in [1.54, 1.807) is 6.07 Å². The molecule has 0 saturated heterocycles. The second-order valence-electron chi connectivity index (χ2n) is 4.53. The highest BCUT2D eigenvalue weighted by Crippen LogP contribution is 2.38. The Balaban J connectivity index is 2.26. The SMILES string of the molecule is Cc1cc2cc3c(cc2c2c(=O)c(=O)c12)OCO3. The first-order valence-corrected chi connectivity index (χ1v) is 5.63. The van der Waals surface area contributed by atoms with Gasteiger partial charge in [-0.05, 0) is 35.4 Å². The molecule has 1 aliphatic rings. The average molecular weight is 240 g/mol. The molecule has 1 aliphatic heterocycles. The molecule has 4 rings (SSSR count). The molecule has 0 atom stereocenters. The molecule has 0 N–H and O–H groups in total. The smallest absolute Gasteiger partial charge is 0.234 e. The third-order valence-corrected chi connectivity index (χ3v) is 3.49. The molecule has 3 aromatic rings. The van der Waals surface area contributed by atoms with Crippen molar-refractivity contribution in [3.63, 3.8) is 0 Å². The lowest BCUT2D eigenvalue weighted by Gasteiger charge is -2.09. The van der Waals surface area contributed by atoms with E-state index < -0.39 is 5.43 Å². The average Bonchev–Trinajstić information content (AvgIpc) is 2.80. The third kappa shape index (κ3) is 0.960. The predicted octanol–water partition coefficient (Wildman–Crippen LogP) is 1.63. The number of aryl methyl sites for hydroxylation is 1. The van der Waals surface area contributed by atoms with Crippen LogP contribution >= 0.6 is 0 Å². The molecule has 0 radical (unpaired) electrons. The molecule has 1 heterocycles. The van der Waals surface area contributed by atoms with Crippen molar-refractivity contribution >= 4 is 21.5 Å². The van der Waals surface area contributed by atoms with Crippen molar-refractivity contribution in [1.29, 1.82) is 0 Å². The van der Waals surface area contributed by atoms with Crippen LogP contribution in [0.3, 0.4) is 0 Å². The van der Waals surface area contributed by atoms with Gasteiger partial charge in [-0.15, -0.1) is 0 Å². The molecule has 0 bridgehead atoms. The zero-order valence-electron chi connectivity index (χ0n) is 9.57. The van der Waals surface area contributed by atoms with Crippen molar-refractivity contribution in [3.05, 3.63) is 44.2 Å². The molecule has 0 unspecified atom stereocenters. The van der Waals surface area contributed by atoms with Crippen LogP contribution in [0.2, 0.25) is 0 Å². The normalized spacial score (nSPS) is 13.8. The van der Waals surface area contributed by atoms with Crippen LogP contribution in [-0.4, -0.2) is 6.79 Å². The lowest BCUT2D eigenvalue weighted by Crippen LogP contribution is -2.31. The monoisotopic (exact) mass is 240 g/mol. The van der Waals surface area contributed by atoms with E-state index in [-0.39, 0.29) is 12.2 Å². The number of hydrogen-bond acceptors (Lipinski definition) is 4. The van der Waals surface area contributed by atoms with Crippen molar-refractivity contribution in [2.24, 2.45) is 0 Å². The van der Waals surface area contributed by atoms with Gasteiger partial charge in [-0.3, -0.25) is 9.59 Å². The van der Waals surface area contributed by atoms with Crippen LogP contribution in [0.1, 0.15) is 5.56 Å². The molecule has 0 saturated carbocycles. The Labute approximate surface area is 101 Å². The first-order valence-electron chi connectivity index (χ1n) is 5.63. The standard InChI is InChI=1S/C14H8O4/c1-6-2-7-3-9-10(18-5-17-9)4-8(7)12-11(6)13(15)14(12)16/h2-4H,5H2,1H3. The number of fused-ring (bicyclic) bond motifs is 4. The van der Waals surface area contributed by atoms with Crippen molar-refractivity contribution in [2.45, 2.75) is 6.92 Å². The lowest BCUT2D eigenvalue weighted by atomic mass is 9.93. The molecular weight excluding hydrogens is 232 g/mol. The Kier molecular flexibility index (Phi) is 1.56. The maximum absolute atomic E-state index is 11.7. The van der Waals surface area contributed by atoms with Gasteiger partial charge in [-0.25, -0.2) is 0 Å². The van der Waals surface area contributed by atoms with Crippen molar-refractivity contribution in [3.8, 4) is 11.5 Å². The van der Waals surface area contributed by atoms with Crippen LogP contribution in [0.25, 0.3) is 21.5 Å². The molecule has 0 spiro atoms. The Morgan fingerprint density at radius 1 is 0.944 bits per heavy atom. The molecule has 4 nitrogen and oxygen atoms in total. The molecule has 3 aromatic carbocycles. The Morgan fingerprint density at radius 3 is 2.39 bits per heavy atom. The maximum Gasteiger partial charge on any atom is 0.234 e. The lowest BCUT2D eigenvalue weighted by molar-refractivity contribution is 0.174. The minimum atomic E-state index is -0.405. The molecule has 4 heteroatoms. The Morgan fingerprint density at radius 2 is 1.61 bits per heavy atom. The Bertz CT molecular complexity index is 898. The molecule has 0 aliphatic carbocycles. The summed E-state index contributed by atoms with van der Waals surface area (Å²) >= 11 is 0. The van der Waals surface area contributed by atoms with Gasteiger partial charge in [0.2, 0.25) is 17.7 Å². The second-order valence-corrected chi connectivity index (χ2v) is 4.53. The summed E-state index contributed by atoms with van der Waals surface area (Å²) in [6.07, 6.45) is 0. The first-order chi connectivity index (χ1) is 8.66. The fraction of sp³-hybridized carbons (Fsp3) is 0.143. The van der Waals surface area contributed by atoms with Crippen LogP contribution in [0.4, 0.5) is 0 Å². The van der Waals surface area contributed by atoms with Gasteiger partial charge < -0.3 is 9.47 Å². The van der Waals surface area contributed by atoms with E-state index in [0.717, 1.165) is 16.3 Å². The zero-order chi connectivity index (χ0) is 12.4. The fourth-order valence-corrected chi connectivity index (χ4v) is 2.62. The van der Waals surface area contributed by atoms with Gasteiger partial charge in [0.1, 0.15) is 0 Å². The fourth-order valence-electron chi connectivity index (χ4n) is 2.62. The predicted molar refractivity (Wildman–Crippen MR) is 67.2 cm³/mol. The van der Waals surface area contributed by atoms with E-state index >= 15 is 0 Å². The van der Waals surface area contributed by atoms with Crippen molar-refractivity contribution < 1.29 is 9.47 Å². The van der Waals surface area contributed by atoms with Gasteiger partial charge in [0.25, 0.3) is 0 Å². The topological polar surface area (TPSA) is 52.6 Å². The van der Waals surface area contributed by atoms with Crippen LogP contribution in [0.5, 0.6) is 11.5 Å². The van der Waals surface area contributed by atoms with Gasteiger partial charge in [-0.1, -0.05) is 6.07 Å². The van der Waals surface area contributed by atoms with Gasteiger partial charge in [-0.2, -0.15) is 0 Å². The van der Waals surface area contributed by atoms with Crippen LogP contribution in [-0.2, 0) is 0 Å². The van der Waals surface area contributed by atoms with E-state index in [0.29, 0.717) is 22.3 Å². The maximum atomic E-state index is 11.7. The molecular formula is C14H8O4. The summed E-state index contributed by atoms with van der Waals surface area (Å²) in [7, 11) is 0. The number of ether oxygens (including phenoxy) is 2.